The molecule has 1 aliphatic heterocycles. The number of fused-ring (bicyclic) bond motifs is 1. The van der Waals surface area contributed by atoms with Crippen molar-refractivity contribution in [1.82, 2.24) is 15.5 Å². The Balaban J connectivity index is 1.36. The summed E-state index contributed by atoms with van der Waals surface area (Å²) in [7, 11) is 0. The lowest BCUT2D eigenvalue weighted by atomic mass is 10.0. The molecule has 8 heteroatoms. The second kappa shape index (κ2) is 11.3. The van der Waals surface area contributed by atoms with E-state index in [0.29, 0.717) is 43.6 Å². The highest BCUT2D eigenvalue weighted by Crippen LogP contribution is 2.30. The molecule has 1 saturated heterocycles. The number of benzene rings is 3. The summed E-state index contributed by atoms with van der Waals surface area (Å²) >= 11 is 0. The Morgan fingerprint density at radius 2 is 1.76 bits per heavy atom. The fourth-order valence-corrected chi connectivity index (χ4v) is 4.78. The van der Waals surface area contributed by atoms with Gasteiger partial charge in [0.2, 0.25) is 5.91 Å². The van der Waals surface area contributed by atoms with Crippen LogP contribution in [-0.4, -0.2) is 41.9 Å². The fraction of sp³-hybridized carbons (Fsp3) is 0.379. The second-order valence-electron chi connectivity index (χ2n) is 10.1. The van der Waals surface area contributed by atoms with Crippen LogP contribution in [0.25, 0.3) is 10.8 Å². The molecule has 0 aliphatic carbocycles. The first-order valence-corrected chi connectivity index (χ1v) is 12.6. The SMILES string of the molecule is CC(C)C[C@H](NC(=O)c1ccc2ccccc2c1)C(=O)N[C@H]1CCN(Cc2cccc(C(F)(F)F)c2)C1. The average molecular weight is 512 g/mol. The van der Waals surface area contributed by atoms with Crippen LogP contribution < -0.4 is 10.6 Å². The Morgan fingerprint density at radius 1 is 1.00 bits per heavy atom. The van der Waals surface area contributed by atoms with E-state index in [-0.39, 0.29) is 23.8 Å². The number of hydrogen-bond donors (Lipinski definition) is 2. The zero-order chi connectivity index (χ0) is 26.6. The molecule has 0 bridgehead atoms. The van der Waals surface area contributed by atoms with Crippen molar-refractivity contribution in [2.45, 2.75) is 51.5 Å². The van der Waals surface area contributed by atoms with Gasteiger partial charge in [0.05, 0.1) is 5.56 Å². The molecule has 2 atom stereocenters. The first-order valence-electron chi connectivity index (χ1n) is 12.6. The third-order valence-corrected chi connectivity index (χ3v) is 6.62. The quantitative estimate of drug-likeness (QED) is 0.426. The third kappa shape index (κ3) is 7.10. The van der Waals surface area contributed by atoms with E-state index in [1.807, 2.05) is 55.1 Å². The van der Waals surface area contributed by atoms with E-state index in [9.17, 15) is 22.8 Å². The van der Waals surface area contributed by atoms with E-state index in [4.69, 9.17) is 0 Å². The third-order valence-electron chi connectivity index (χ3n) is 6.62. The minimum Gasteiger partial charge on any atom is -0.350 e. The van der Waals surface area contributed by atoms with E-state index < -0.39 is 17.8 Å². The number of carbonyl (C=O) groups is 2. The summed E-state index contributed by atoms with van der Waals surface area (Å²) in [4.78, 5) is 28.2. The van der Waals surface area contributed by atoms with Crippen LogP contribution in [0.5, 0.6) is 0 Å². The van der Waals surface area contributed by atoms with Crippen LogP contribution in [-0.2, 0) is 17.5 Å². The molecule has 1 fully saturated rings. The van der Waals surface area contributed by atoms with Crippen molar-refractivity contribution in [1.29, 1.82) is 0 Å². The van der Waals surface area contributed by atoms with Crippen molar-refractivity contribution >= 4 is 22.6 Å². The predicted molar refractivity (Wildman–Crippen MR) is 138 cm³/mol. The van der Waals surface area contributed by atoms with Crippen LogP contribution in [0.1, 0.15) is 48.2 Å². The zero-order valence-electron chi connectivity index (χ0n) is 21.0. The molecular formula is C29H32F3N3O2. The van der Waals surface area contributed by atoms with Crippen molar-refractivity contribution < 1.29 is 22.8 Å². The van der Waals surface area contributed by atoms with Crippen molar-refractivity contribution in [3.8, 4) is 0 Å². The van der Waals surface area contributed by atoms with Crippen LogP contribution in [0.2, 0.25) is 0 Å². The molecular weight excluding hydrogens is 479 g/mol. The molecule has 1 heterocycles. The summed E-state index contributed by atoms with van der Waals surface area (Å²) in [5, 5.41) is 7.93. The minimum absolute atomic E-state index is 0.134. The van der Waals surface area contributed by atoms with Gasteiger partial charge in [-0.2, -0.15) is 13.2 Å². The lowest BCUT2D eigenvalue weighted by Gasteiger charge is -2.23. The van der Waals surface area contributed by atoms with Gasteiger partial charge in [0, 0.05) is 31.2 Å². The standard InChI is InChI=1S/C29H32F3N3O2/c1-19(2)14-26(34-27(36)23-11-10-21-7-3-4-8-22(21)16-23)28(37)33-25-12-13-35(18-25)17-20-6-5-9-24(15-20)29(30,31)32/h3-11,15-16,19,25-26H,12-14,17-18H2,1-2H3,(H,33,37)(H,34,36)/t25-,26-/m0/s1. The number of alkyl halides is 3. The topological polar surface area (TPSA) is 61.4 Å². The van der Waals surface area contributed by atoms with Crippen LogP contribution in [0.3, 0.4) is 0 Å². The second-order valence-corrected chi connectivity index (χ2v) is 10.1. The number of hydrogen-bond acceptors (Lipinski definition) is 3. The van der Waals surface area contributed by atoms with Gasteiger partial charge in [-0.3, -0.25) is 14.5 Å². The largest absolute Gasteiger partial charge is 0.416 e. The minimum atomic E-state index is -4.37. The summed E-state index contributed by atoms with van der Waals surface area (Å²) in [6, 6.07) is 17.8. The number of amides is 2. The number of nitrogens with one attached hydrogen (secondary N) is 2. The van der Waals surface area contributed by atoms with Gasteiger partial charge in [0.15, 0.2) is 0 Å². The van der Waals surface area contributed by atoms with Crippen LogP contribution in [0.15, 0.2) is 66.7 Å². The van der Waals surface area contributed by atoms with E-state index in [1.165, 1.54) is 12.1 Å². The number of carbonyl (C=O) groups excluding carboxylic acids is 2. The highest BCUT2D eigenvalue weighted by molar-refractivity contribution is 6.00. The van der Waals surface area contributed by atoms with Gasteiger partial charge in [0.25, 0.3) is 5.91 Å². The molecule has 3 aromatic rings. The highest BCUT2D eigenvalue weighted by Gasteiger charge is 2.31. The van der Waals surface area contributed by atoms with Crippen LogP contribution in [0.4, 0.5) is 13.2 Å². The Kier molecular flexibility index (Phi) is 8.17. The van der Waals surface area contributed by atoms with Gasteiger partial charge < -0.3 is 10.6 Å². The molecule has 1 aliphatic rings. The fourth-order valence-electron chi connectivity index (χ4n) is 4.78. The Hall–Kier alpha value is -3.39. The zero-order valence-corrected chi connectivity index (χ0v) is 21.0. The van der Waals surface area contributed by atoms with E-state index >= 15 is 0 Å². The number of likely N-dealkylation sites (tertiary alicyclic amines) is 1. The molecule has 0 unspecified atom stereocenters. The van der Waals surface area contributed by atoms with Crippen molar-refractivity contribution in [2.24, 2.45) is 5.92 Å². The molecule has 2 N–H and O–H groups in total. The lowest BCUT2D eigenvalue weighted by Crippen LogP contribution is -2.50. The Morgan fingerprint density at radius 3 is 2.49 bits per heavy atom. The molecule has 4 rings (SSSR count). The molecule has 3 aromatic carbocycles. The maximum absolute atomic E-state index is 13.2. The molecule has 0 radical (unpaired) electrons. The van der Waals surface area contributed by atoms with Gasteiger partial charge in [-0.25, -0.2) is 0 Å². The molecule has 196 valence electrons. The molecule has 0 spiro atoms. The Bertz CT molecular complexity index is 1260. The van der Waals surface area contributed by atoms with Crippen LogP contribution >= 0.6 is 0 Å². The van der Waals surface area contributed by atoms with Crippen LogP contribution in [0, 0.1) is 5.92 Å². The summed E-state index contributed by atoms with van der Waals surface area (Å²) < 4.78 is 39.1. The molecule has 5 nitrogen and oxygen atoms in total. The van der Waals surface area contributed by atoms with Gasteiger partial charge >= 0.3 is 6.18 Å². The molecule has 2 amide bonds. The first kappa shape index (κ1) is 26.7. The molecule has 0 aromatic heterocycles. The monoisotopic (exact) mass is 511 g/mol. The normalized spacial score (nSPS) is 17.2. The van der Waals surface area contributed by atoms with E-state index in [2.05, 4.69) is 10.6 Å². The Labute approximate surface area is 215 Å². The van der Waals surface area contributed by atoms with E-state index in [1.54, 1.807) is 12.1 Å². The van der Waals surface area contributed by atoms with Gasteiger partial charge in [-0.15, -0.1) is 0 Å². The maximum atomic E-state index is 13.2. The first-order chi connectivity index (χ1) is 17.6. The summed E-state index contributed by atoms with van der Waals surface area (Å²) in [6.07, 6.45) is -3.19. The van der Waals surface area contributed by atoms with Gasteiger partial charge in [-0.1, -0.05) is 62.4 Å². The van der Waals surface area contributed by atoms with Crippen molar-refractivity contribution in [3.05, 3.63) is 83.4 Å². The van der Waals surface area contributed by atoms with Gasteiger partial charge in [-0.05, 0) is 53.3 Å². The molecule has 0 saturated carbocycles. The lowest BCUT2D eigenvalue weighted by molar-refractivity contribution is -0.137. The maximum Gasteiger partial charge on any atom is 0.416 e. The van der Waals surface area contributed by atoms with Gasteiger partial charge in [0.1, 0.15) is 6.04 Å². The number of halogens is 3. The van der Waals surface area contributed by atoms with Crippen molar-refractivity contribution in [3.63, 3.8) is 0 Å². The molecule has 37 heavy (non-hydrogen) atoms. The summed E-state index contributed by atoms with van der Waals surface area (Å²) in [5.41, 5.74) is 0.420. The average Bonchev–Trinajstić information content (AvgIpc) is 3.29. The number of nitrogens with zero attached hydrogens (tertiary/aromatic N) is 1. The predicted octanol–water partition coefficient (Wildman–Crippen LogP) is 5.39. The highest BCUT2D eigenvalue weighted by atomic mass is 19.4. The smallest absolute Gasteiger partial charge is 0.350 e. The summed E-state index contributed by atoms with van der Waals surface area (Å²) in [6.45, 7) is 5.57. The van der Waals surface area contributed by atoms with Crippen molar-refractivity contribution in [2.75, 3.05) is 13.1 Å². The summed E-state index contributed by atoms with van der Waals surface area (Å²) in [5.74, 6) is -0.355. The number of rotatable bonds is 8. The van der Waals surface area contributed by atoms with E-state index in [0.717, 1.165) is 16.8 Å².